The first kappa shape index (κ1) is 11.7. The summed E-state index contributed by atoms with van der Waals surface area (Å²) in [5.41, 5.74) is 0. The number of rotatable bonds is 3. The van der Waals surface area contributed by atoms with Crippen molar-refractivity contribution in [1.29, 1.82) is 0 Å². The highest BCUT2D eigenvalue weighted by Gasteiger charge is 2.18. The van der Waals surface area contributed by atoms with Crippen LogP contribution in [0.5, 0.6) is 5.75 Å². The number of morpholine rings is 1. The molecule has 88 valence electrons. The fraction of sp³-hybridized carbons (Fsp3) is 0.500. The van der Waals surface area contributed by atoms with Crippen molar-refractivity contribution in [3.05, 3.63) is 29.3 Å². The Morgan fingerprint density at radius 3 is 2.81 bits per heavy atom. The Morgan fingerprint density at radius 1 is 1.38 bits per heavy atom. The van der Waals surface area contributed by atoms with Crippen molar-refractivity contribution in [2.75, 3.05) is 19.7 Å². The first-order valence-corrected chi connectivity index (χ1v) is 5.86. The molecular formula is C12H16ClNO2. The van der Waals surface area contributed by atoms with E-state index in [0.29, 0.717) is 6.61 Å². The van der Waals surface area contributed by atoms with Crippen LogP contribution in [-0.4, -0.2) is 31.9 Å². The van der Waals surface area contributed by atoms with E-state index in [1.807, 2.05) is 24.3 Å². The smallest absolute Gasteiger partial charge is 0.119 e. The third-order valence-electron chi connectivity index (χ3n) is 2.48. The summed E-state index contributed by atoms with van der Waals surface area (Å²) in [6.07, 6.45) is 0.381. The molecule has 0 spiro atoms. The van der Waals surface area contributed by atoms with Crippen LogP contribution >= 0.6 is 11.6 Å². The topological polar surface area (TPSA) is 30.5 Å². The van der Waals surface area contributed by atoms with Gasteiger partial charge in [0.25, 0.3) is 0 Å². The van der Waals surface area contributed by atoms with Gasteiger partial charge >= 0.3 is 0 Å². The van der Waals surface area contributed by atoms with Gasteiger partial charge in [-0.3, -0.25) is 0 Å². The van der Waals surface area contributed by atoms with Gasteiger partial charge in [-0.25, -0.2) is 0 Å². The molecule has 1 fully saturated rings. The van der Waals surface area contributed by atoms with Gasteiger partial charge in [0, 0.05) is 18.1 Å². The van der Waals surface area contributed by atoms with E-state index in [-0.39, 0.29) is 12.2 Å². The number of benzene rings is 1. The molecule has 3 nitrogen and oxygen atoms in total. The molecule has 0 bridgehead atoms. The lowest BCUT2D eigenvalue weighted by Gasteiger charge is -2.28. The Bertz CT molecular complexity index is 328. The van der Waals surface area contributed by atoms with Gasteiger partial charge in [-0.2, -0.15) is 0 Å². The molecule has 0 aromatic heterocycles. The monoisotopic (exact) mass is 241 g/mol. The van der Waals surface area contributed by atoms with Gasteiger partial charge in [-0.15, -0.1) is 0 Å². The van der Waals surface area contributed by atoms with E-state index in [1.165, 1.54) is 0 Å². The quantitative estimate of drug-likeness (QED) is 0.879. The molecule has 0 amide bonds. The van der Waals surface area contributed by atoms with Crippen molar-refractivity contribution in [1.82, 2.24) is 5.32 Å². The van der Waals surface area contributed by atoms with Crippen LogP contribution in [0.3, 0.4) is 0 Å². The van der Waals surface area contributed by atoms with Crippen molar-refractivity contribution >= 4 is 11.6 Å². The van der Waals surface area contributed by atoms with Crippen LogP contribution < -0.4 is 10.1 Å². The van der Waals surface area contributed by atoms with Crippen LogP contribution in [0.2, 0.25) is 5.02 Å². The summed E-state index contributed by atoms with van der Waals surface area (Å²) in [7, 11) is 0. The summed E-state index contributed by atoms with van der Waals surface area (Å²) in [6, 6.07) is 7.36. The average molecular weight is 242 g/mol. The van der Waals surface area contributed by atoms with Crippen LogP contribution in [0, 0.1) is 0 Å². The first-order chi connectivity index (χ1) is 7.74. The molecule has 1 saturated heterocycles. The number of hydrogen-bond acceptors (Lipinski definition) is 3. The molecule has 0 radical (unpaired) electrons. The molecule has 1 aliphatic heterocycles. The second-order valence-electron chi connectivity index (χ2n) is 3.99. The molecule has 16 heavy (non-hydrogen) atoms. The van der Waals surface area contributed by atoms with Crippen LogP contribution in [0.4, 0.5) is 0 Å². The summed E-state index contributed by atoms with van der Waals surface area (Å²) in [5, 5.41) is 4.02. The van der Waals surface area contributed by atoms with E-state index in [1.54, 1.807) is 0 Å². The van der Waals surface area contributed by atoms with Gasteiger partial charge in [0.1, 0.15) is 18.5 Å². The molecule has 2 atom stereocenters. The zero-order valence-corrected chi connectivity index (χ0v) is 10.0. The zero-order valence-electron chi connectivity index (χ0n) is 9.28. The minimum Gasteiger partial charge on any atom is -0.491 e. The second kappa shape index (κ2) is 5.53. The molecule has 1 aromatic rings. The maximum absolute atomic E-state index is 5.79. The molecule has 1 heterocycles. The van der Waals surface area contributed by atoms with Gasteiger partial charge in [0.05, 0.1) is 6.10 Å². The van der Waals surface area contributed by atoms with Gasteiger partial charge < -0.3 is 14.8 Å². The number of hydrogen-bond donors (Lipinski definition) is 1. The van der Waals surface area contributed by atoms with Gasteiger partial charge in [0.2, 0.25) is 0 Å². The highest BCUT2D eigenvalue weighted by atomic mass is 35.5. The summed E-state index contributed by atoms with van der Waals surface area (Å²) in [4.78, 5) is 0. The summed E-state index contributed by atoms with van der Waals surface area (Å²) >= 11 is 5.79. The molecule has 0 saturated carbocycles. The fourth-order valence-corrected chi connectivity index (χ4v) is 1.82. The Hall–Kier alpha value is -0.770. The molecule has 1 N–H and O–H groups in total. The maximum atomic E-state index is 5.79. The minimum absolute atomic E-state index is 0.124. The highest BCUT2D eigenvalue weighted by molar-refractivity contribution is 6.30. The van der Waals surface area contributed by atoms with E-state index in [4.69, 9.17) is 21.1 Å². The predicted octanol–water partition coefficient (Wildman–Crippen LogP) is 2.10. The lowest BCUT2D eigenvalue weighted by Crippen LogP contribution is -2.45. The molecular weight excluding hydrogens is 226 g/mol. The average Bonchev–Trinajstić information content (AvgIpc) is 2.28. The molecule has 4 heteroatoms. The summed E-state index contributed by atoms with van der Waals surface area (Å²) in [5.74, 6) is 0.825. The van der Waals surface area contributed by atoms with E-state index >= 15 is 0 Å². The van der Waals surface area contributed by atoms with E-state index in [2.05, 4.69) is 12.2 Å². The lowest BCUT2D eigenvalue weighted by atomic mass is 10.2. The minimum atomic E-state index is 0.124. The molecule has 0 aliphatic carbocycles. The molecule has 2 rings (SSSR count). The maximum Gasteiger partial charge on any atom is 0.119 e. The number of nitrogens with one attached hydrogen (secondary N) is 1. The van der Waals surface area contributed by atoms with Gasteiger partial charge in [-0.05, 0) is 31.2 Å². The van der Waals surface area contributed by atoms with Crippen molar-refractivity contribution in [3.8, 4) is 5.75 Å². The zero-order chi connectivity index (χ0) is 11.4. The normalized spacial score (nSPS) is 25.4. The largest absolute Gasteiger partial charge is 0.491 e. The van der Waals surface area contributed by atoms with E-state index in [0.717, 1.165) is 23.9 Å². The van der Waals surface area contributed by atoms with Gasteiger partial charge in [-0.1, -0.05) is 11.6 Å². The summed E-state index contributed by atoms with van der Waals surface area (Å²) in [6.45, 7) is 4.38. The van der Waals surface area contributed by atoms with Crippen LogP contribution in [0.1, 0.15) is 6.92 Å². The third-order valence-corrected chi connectivity index (χ3v) is 2.73. The van der Waals surface area contributed by atoms with Gasteiger partial charge in [0.15, 0.2) is 0 Å². The standard InChI is InChI=1S/C12H16ClNO2/c1-9-6-14-7-12(16-9)8-15-11-4-2-10(13)3-5-11/h2-5,9,12,14H,6-8H2,1H3. The van der Waals surface area contributed by atoms with Crippen LogP contribution in [0.15, 0.2) is 24.3 Å². The molecule has 1 aromatic carbocycles. The second-order valence-corrected chi connectivity index (χ2v) is 4.43. The van der Waals surface area contributed by atoms with Crippen molar-refractivity contribution in [3.63, 3.8) is 0 Å². The van der Waals surface area contributed by atoms with Crippen molar-refractivity contribution < 1.29 is 9.47 Å². The highest BCUT2D eigenvalue weighted by Crippen LogP contribution is 2.16. The third kappa shape index (κ3) is 3.37. The van der Waals surface area contributed by atoms with Crippen molar-refractivity contribution in [2.24, 2.45) is 0 Å². The van der Waals surface area contributed by atoms with Crippen LogP contribution in [-0.2, 0) is 4.74 Å². The Morgan fingerprint density at radius 2 is 2.12 bits per heavy atom. The number of ether oxygens (including phenoxy) is 2. The van der Waals surface area contributed by atoms with Crippen molar-refractivity contribution in [2.45, 2.75) is 19.1 Å². The van der Waals surface area contributed by atoms with E-state index < -0.39 is 0 Å². The predicted molar refractivity (Wildman–Crippen MR) is 64.2 cm³/mol. The van der Waals surface area contributed by atoms with Crippen LogP contribution in [0.25, 0.3) is 0 Å². The summed E-state index contributed by atoms with van der Waals surface area (Å²) < 4.78 is 11.3. The Balaban J connectivity index is 1.80. The Labute approximate surface area is 101 Å². The molecule has 2 unspecified atom stereocenters. The lowest BCUT2D eigenvalue weighted by molar-refractivity contribution is -0.0470. The fourth-order valence-electron chi connectivity index (χ4n) is 1.69. The molecule has 1 aliphatic rings. The van der Waals surface area contributed by atoms with E-state index in [9.17, 15) is 0 Å². The Kier molecular flexibility index (Phi) is 4.04. The SMILES string of the molecule is CC1CNCC(COc2ccc(Cl)cc2)O1. The number of halogens is 1. The first-order valence-electron chi connectivity index (χ1n) is 5.48.